The van der Waals surface area contributed by atoms with Crippen LogP contribution < -0.4 is 5.32 Å². The summed E-state index contributed by atoms with van der Waals surface area (Å²) in [6.45, 7) is 1.31. The van der Waals surface area contributed by atoms with E-state index in [4.69, 9.17) is 16.9 Å². The van der Waals surface area contributed by atoms with Gasteiger partial charge in [0, 0.05) is 23.2 Å². The maximum absolute atomic E-state index is 13.0. The van der Waals surface area contributed by atoms with E-state index in [1.165, 1.54) is 37.3 Å². The third-order valence-corrected chi connectivity index (χ3v) is 6.60. The van der Waals surface area contributed by atoms with E-state index in [2.05, 4.69) is 9.97 Å². The van der Waals surface area contributed by atoms with Crippen molar-refractivity contribution >= 4 is 33.2 Å². The number of aromatic amines is 1. The third-order valence-electron chi connectivity index (χ3n) is 4.62. The van der Waals surface area contributed by atoms with Crippen molar-refractivity contribution in [3.05, 3.63) is 82.8 Å². The van der Waals surface area contributed by atoms with Crippen LogP contribution >= 0.6 is 11.6 Å². The fourth-order valence-electron chi connectivity index (χ4n) is 2.80. The number of alkyl halides is 3. The van der Waals surface area contributed by atoms with Crippen molar-refractivity contribution in [3.63, 3.8) is 0 Å². The Balaban J connectivity index is 0.000000625. The van der Waals surface area contributed by atoms with E-state index in [0.29, 0.717) is 6.07 Å². The molecule has 3 rings (SSSR count). The highest BCUT2D eigenvalue weighted by atomic mass is 35.5. The molecule has 0 aliphatic heterocycles. The Morgan fingerprint density at radius 3 is 2.20 bits per heavy atom. The summed E-state index contributed by atoms with van der Waals surface area (Å²) in [5.41, 5.74) is -4.90. The number of pyridine rings is 1. The number of H-pyrrole nitrogens is 1. The third kappa shape index (κ3) is 7.54. The van der Waals surface area contributed by atoms with Gasteiger partial charge in [-0.25, -0.2) is 8.42 Å². The summed E-state index contributed by atoms with van der Waals surface area (Å²) in [5.74, 6) is -3.21. The molecule has 0 fully saturated rings. The van der Waals surface area contributed by atoms with E-state index in [0.717, 1.165) is 0 Å². The normalized spacial score (nSPS) is 13.1. The lowest BCUT2D eigenvalue weighted by Crippen LogP contribution is -2.46. The molecule has 8 nitrogen and oxygen atoms in total. The molecule has 2 aromatic heterocycles. The number of halogens is 4. The fourth-order valence-corrected chi connectivity index (χ4v) is 4.06. The average molecular weight is 529 g/mol. The summed E-state index contributed by atoms with van der Waals surface area (Å²) in [5, 5.41) is 22.0. The monoisotopic (exact) mass is 528 g/mol. The minimum atomic E-state index is -4.86. The number of aromatic nitrogens is 2. The lowest BCUT2D eigenvalue weighted by molar-refractivity contribution is -0.137. The first-order valence-electron chi connectivity index (χ1n) is 9.88. The van der Waals surface area contributed by atoms with Gasteiger partial charge in [0.15, 0.2) is 15.4 Å². The molecule has 3 aromatic rings. The molecule has 0 saturated carbocycles. The Labute approximate surface area is 204 Å². The molecule has 1 amide bonds. The second-order valence-electron chi connectivity index (χ2n) is 7.10. The molecule has 0 saturated heterocycles. The van der Waals surface area contributed by atoms with Crippen molar-refractivity contribution in [3.8, 4) is 6.07 Å². The lowest BCUT2D eigenvalue weighted by atomic mass is 9.95. The van der Waals surface area contributed by atoms with Gasteiger partial charge >= 0.3 is 6.18 Å². The maximum atomic E-state index is 13.0. The number of carbonyl (C=O) groups excluding carboxylic acids is 1. The van der Waals surface area contributed by atoms with Crippen molar-refractivity contribution in [2.75, 3.05) is 16.8 Å². The molecule has 1 unspecified atom stereocenters. The van der Waals surface area contributed by atoms with Crippen LogP contribution in [-0.4, -0.2) is 40.9 Å². The van der Waals surface area contributed by atoms with Crippen molar-refractivity contribution in [2.45, 2.75) is 18.7 Å². The molecule has 0 aliphatic carbocycles. The van der Waals surface area contributed by atoms with Crippen LogP contribution in [0.5, 0.6) is 0 Å². The molecule has 35 heavy (non-hydrogen) atoms. The number of nitrogens with one attached hydrogen (secondary N) is 2. The van der Waals surface area contributed by atoms with Crippen LogP contribution in [0.4, 0.5) is 19.0 Å². The van der Waals surface area contributed by atoms with Crippen molar-refractivity contribution in [1.82, 2.24) is 9.97 Å². The van der Waals surface area contributed by atoms with Gasteiger partial charge in [-0.2, -0.15) is 18.4 Å². The second kappa shape index (κ2) is 11.4. The number of anilines is 1. The fraction of sp³-hybridized carbons (Fsp3) is 0.227. The van der Waals surface area contributed by atoms with Crippen molar-refractivity contribution < 1.29 is 31.5 Å². The minimum absolute atomic E-state index is 0.125. The van der Waals surface area contributed by atoms with E-state index in [-0.39, 0.29) is 16.3 Å². The summed E-state index contributed by atoms with van der Waals surface area (Å²) in [7, 11) is -3.89. The molecule has 186 valence electrons. The van der Waals surface area contributed by atoms with Gasteiger partial charge in [0.1, 0.15) is 17.6 Å². The van der Waals surface area contributed by atoms with Crippen LogP contribution in [0.1, 0.15) is 23.7 Å². The van der Waals surface area contributed by atoms with Crippen LogP contribution in [0.2, 0.25) is 5.02 Å². The van der Waals surface area contributed by atoms with Gasteiger partial charge in [0.25, 0.3) is 5.91 Å². The summed E-state index contributed by atoms with van der Waals surface area (Å²) in [6, 6.07) is 12.6. The summed E-state index contributed by atoms with van der Waals surface area (Å²) in [6.07, 6.45) is -1.36. The molecule has 13 heteroatoms. The predicted molar refractivity (Wildman–Crippen MR) is 123 cm³/mol. The van der Waals surface area contributed by atoms with E-state index in [9.17, 15) is 31.5 Å². The van der Waals surface area contributed by atoms with Crippen LogP contribution in [0.3, 0.4) is 0 Å². The number of hydrogen-bond acceptors (Lipinski definition) is 6. The topological polar surface area (TPSA) is 136 Å². The SMILES string of the molecule is CCS(=O)(=O)CC(O)(C(=O)Nc1cc(C(F)(F)F)c(C#N)[nH]1)c1ccc(Cl)cc1.c1ccncc1. The summed E-state index contributed by atoms with van der Waals surface area (Å²) in [4.78, 5) is 18.6. The van der Waals surface area contributed by atoms with Gasteiger partial charge in [-0.05, 0) is 35.9 Å². The van der Waals surface area contributed by atoms with Crippen LogP contribution in [0.25, 0.3) is 0 Å². The van der Waals surface area contributed by atoms with E-state index in [1.807, 2.05) is 23.5 Å². The molecule has 0 radical (unpaired) electrons. The number of hydrogen-bond donors (Lipinski definition) is 3. The first-order chi connectivity index (χ1) is 16.3. The quantitative estimate of drug-likeness (QED) is 0.444. The standard InChI is InChI=1S/C17H15ClF3N3O4S.C5H5N/c1-2-29(27,28)9-16(26,10-3-5-11(18)6-4-10)15(25)24-14-7-12(17(19,20)21)13(8-22)23-14;1-2-4-6-5-3-1/h3-7,23,26H,2,9H2,1H3,(H,24,25);1-5H. The van der Waals surface area contributed by atoms with Gasteiger partial charge in [0.05, 0.1) is 11.3 Å². The molecular weight excluding hydrogens is 509 g/mol. The molecule has 1 aromatic carbocycles. The average Bonchev–Trinajstić information content (AvgIpc) is 3.24. The highest BCUT2D eigenvalue weighted by Crippen LogP contribution is 2.34. The summed E-state index contributed by atoms with van der Waals surface area (Å²) >= 11 is 5.77. The number of carbonyl (C=O) groups is 1. The highest BCUT2D eigenvalue weighted by molar-refractivity contribution is 7.91. The first-order valence-corrected chi connectivity index (χ1v) is 12.1. The van der Waals surface area contributed by atoms with Crippen LogP contribution in [0, 0.1) is 11.3 Å². The van der Waals surface area contributed by atoms with Crippen LogP contribution in [-0.2, 0) is 26.4 Å². The second-order valence-corrected chi connectivity index (χ2v) is 9.89. The zero-order valence-corrected chi connectivity index (χ0v) is 19.7. The zero-order chi connectivity index (χ0) is 26.3. The number of rotatable bonds is 6. The lowest BCUT2D eigenvalue weighted by Gasteiger charge is -2.27. The number of benzene rings is 1. The predicted octanol–water partition coefficient (Wildman–Crippen LogP) is 3.90. The van der Waals surface area contributed by atoms with Gasteiger partial charge in [-0.1, -0.05) is 36.7 Å². The van der Waals surface area contributed by atoms with Crippen LogP contribution in [0.15, 0.2) is 60.9 Å². The Bertz CT molecular complexity index is 1260. The molecule has 3 N–H and O–H groups in total. The molecule has 2 heterocycles. The summed E-state index contributed by atoms with van der Waals surface area (Å²) < 4.78 is 63.1. The smallest absolute Gasteiger partial charge is 0.374 e. The zero-order valence-electron chi connectivity index (χ0n) is 18.2. The Kier molecular flexibility index (Phi) is 9.03. The van der Waals surface area contributed by atoms with Gasteiger partial charge in [-0.3, -0.25) is 9.78 Å². The molecule has 0 aliphatic rings. The van der Waals surface area contributed by atoms with E-state index >= 15 is 0 Å². The largest absolute Gasteiger partial charge is 0.419 e. The molecule has 1 atom stereocenters. The molecular formula is C22H20ClF3N4O4S. The maximum Gasteiger partial charge on any atom is 0.419 e. The van der Waals surface area contributed by atoms with E-state index in [1.54, 1.807) is 12.4 Å². The number of sulfone groups is 1. The molecule has 0 bridgehead atoms. The van der Waals surface area contributed by atoms with Crippen molar-refractivity contribution in [2.24, 2.45) is 0 Å². The Morgan fingerprint density at radius 1 is 1.20 bits per heavy atom. The molecule has 0 spiro atoms. The van der Waals surface area contributed by atoms with Crippen molar-refractivity contribution in [1.29, 1.82) is 5.26 Å². The number of nitrogens with zero attached hydrogens (tertiary/aromatic N) is 2. The van der Waals surface area contributed by atoms with Gasteiger partial charge in [-0.15, -0.1) is 0 Å². The van der Waals surface area contributed by atoms with Gasteiger partial charge < -0.3 is 15.4 Å². The highest BCUT2D eigenvalue weighted by Gasteiger charge is 2.43. The minimum Gasteiger partial charge on any atom is -0.374 e. The van der Waals surface area contributed by atoms with Gasteiger partial charge in [0.2, 0.25) is 0 Å². The number of nitriles is 1. The van der Waals surface area contributed by atoms with E-state index < -0.39 is 50.3 Å². The number of aliphatic hydroxyl groups is 1. The Hall–Kier alpha value is -3.40. The number of amides is 1. The Morgan fingerprint density at radius 2 is 1.80 bits per heavy atom. The first kappa shape index (κ1) is 27.8.